The van der Waals surface area contributed by atoms with Crippen molar-refractivity contribution >= 4 is 29.3 Å². The number of nitrogens with zero attached hydrogens (tertiary/aromatic N) is 3. The lowest BCUT2D eigenvalue weighted by molar-refractivity contribution is -0.119. The van der Waals surface area contributed by atoms with Crippen molar-refractivity contribution in [1.29, 1.82) is 0 Å². The molecule has 182 valence electrons. The predicted octanol–water partition coefficient (Wildman–Crippen LogP) is 2.39. The molecule has 2 aromatic rings. The van der Waals surface area contributed by atoms with E-state index in [2.05, 4.69) is 10.7 Å². The van der Waals surface area contributed by atoms with E-state index in [1.807, 2.05) is 17.9 Å². The van der Waals surface area contributed by atoms with Gasteiger partial charge in [0.25, 0.3) is 5.91 Å². The third-order valence-electron chi connectivity index (χ3n) is 5.47. The van der Waals surface area contributed by atoms with E-state index in [-0.39, 0.29) is 24.9 Å². The quantitative estimate of drug-likeness (QED) is 0.517. The number of likely N-dealkylation sites (N-methyl/N-ethyl adjacent to an activating group) is 1. The Hall–Kier alpha value is -3.66. The Kier molecular flexibility index (Phi) is 8.42. The van der Waals surface area contributed by atoms with Crippen LogP contribution in [0.2, 0.25) is 0 Å². The molecule has 0 aliphatic carbocycles. The summed E-state index contributed by atoms with van der Waals surface area (Å²) in [6.07, 6.45) is -1.07. The first kappa shape index (κ1) is 25.0. The molecule has 0 radical (unpaired) electrons. The van der Waals surface area contributed by atoms with E-state index in [9.17, 15) is 18.8 Å². The van der Waals surface area contributed by atoms with Gasteiger partial charge in [0.05, 0.1) is 24.5 Å². The van der Waals surface area contributed by atoms with Gasteiger partial charge in [-0.15, -0.1) is 0 Å². The average Bonchev–Trinajstić information content (AvgIpc) is 3.21. The summed E-state index contributed by atoms with van der Waals surface area (Å²) in [7, 11) is 1.65. The molecule has 1 saturated heterocycles. The second-order valence-corrected chi connectivity index (χ2v) is 7.91. The lowest BCUT2D eigenvalue weighted by Crippen LogP contribution is -2.43. The van der Waals surface area contributed by atoms with Crippen LogP contribution in [-0.4, -0.2) is 68.8 Å². The number of hydrogen-bond donors (Lipinski definition) is 2. The van der Waals surface area contributed by atoms with E-state index in [1.54, 1.807) is 43.4 Å². The number of hydrazine groups is 1. The van der Waals surface area contributed by atoms with Crippen molar-refractivity contribution in [3.63, 3.8) is 0 Å². The van der Waals surface area contributed by atoms with E-state index in [0.29, 0.717) is 36.6 Å². The number of benzene rings is 2. The molecule has 0 unspecified atom stereocenters. The van der Waals surface area contributed by atoms with Gasteiger partial charge in [0.2, 0.25) is 5.91 Å². The standard InChI is InChI=1S/C24H30FN5O4/c1-4-29(13-12-27-28(3)23(32)18-8-6-5-7-9-18)22-11-10-19(14-21(22)25)30-16-20(34-24(30)33)15-26-17(2)31/h5-11,14,20,27H,4,12-13,15-16H2,1-3H3,(H,26,31)/t20-/m0/s1. The fourth-order valence-corrected chi connectivity index (χ4v) is 3.66. The summed E-state index contributed by atoms with van der Waals surface area (Å²) in [5.74, 6) is -0.839. The highest BCUT2D eigenvalue weighted by Crippen LogP contribution is 2.27. The van der Waals surface area contributed by atoms with Crippen molar-refractivity contribution < 1.29 is 23.5 Å². The summed E-state index contributed by atoms with van der Waals surface area (Å²) >= 11 is 0. The molecule has 0 spiro atoms. The van der Waals surface area contributed by atoms with Gasteiger partial charge in [0.15, 0.2) is 0 Å². The second-order valence-electron chi connectivity index (χ2n) is 7.91. The Balaban J connectivity index is 1.58. The Morgan fingerprint density at radius 1 is 1.21 bits per heavy atom. The average molecular weight is 472 g/mol. The zero-order valence-corrected chi connectivity index (χ0v) is 19.6. The van der Waals surface area contributed by atoms with Crippen molar-refractivity contribution in [2.24, 2.45) is 0 Å². The zero-order chi connectivity index (χ0) is 24.7. The summed E-state index contributed by atoms with van der Waals surface area (Å²) in [4.78, 5) is 38.9. The fourth-order valence-electron chi connectivity index (χ4n) is 3.66. The minimum absolute atomic E-state index is 0.159. The van der Waals surface area contributed by atoms with Gasteiger partial charge in [-0.2, -0.15) is 0 Å². The number of anilines is 2. The van der Waals surface area contributed by atoms with Crippen LogP contribution in [0.4, 0.5) is 20.6 Å². The number of ether oxygens (including phenoxy) is 1. The van der Waals surface area contributed by atoms with Crippen molar-refractivity contribution in [2.75, 3.05) is 49.6 Å². The molecule has 10 heteroatoms. The molecular formula is C24H30FN5O4. The van der Waals surface area contributed by atoms with Crippen LogP contribution in [0.5, 0.6) is 0 Å². The molecule has 34 heavy (non-hydrogen) atoms. The smallest absolute Gasteiger partial charge is 0.414 e. The van der Waals surface area contributed by atoms with Gasteiger partial charge in [0, 0.05) is 39.2 Å². The maximum absolute atomic E-state index is 15.0. The van der Waals surface area contributed by atoms with E-state index in [4.69, 9.17) is 4.74 Å². The molecule has 3 rings (SSSR count). The van der Waals surface area contributed by atoms with Crippen molar-refractivity contribution in [3.8, 4) is 0 Å². The van der Waals surface area contributed by atoms with E-state index >= 15 is 0 Å². The normalized spacial score (nSPS) is 15.1. The Morgan fingerprint density at radius 3 is 2.59 bits per heavy atom. The lowest BCUT2D eigenvalue weighted by atomic mass is 10.2. The van der Waals surface area contributed by atoms with Crippen LogP contribution in [0.1, 0.15) is 24.2 Å². The first-order valence-electron chi connectivity index (χ1n) is 11.1. The molecule has 1 atom stereocenters. The number of halogens is 1. The molecule has 0 bridgehead atoms. The van der Waals surface area contributed by atoms with Crippen molar-refractivity contribution in [3.05, 3.63) is 59.9 Å². The number of cyclic esters (lactones) is 1. The van der Waals surface area contributed by atoms with Crippen LogP contribution in [0, 0.1) is 5.82 Å². The molecule has 0 saturated carbocycles. The molecule has 1 heterocycles. The topological polar surface area (TPSA) is 94.2 Å². The van der Waals surface area contributed by atoms with Gasteiger partial charge in [-0.05, 0) is 37.3 Å². The van der Waals surface area contributed by atoms with Gasteiger partial charge >= 0.3 is 6.09 Å². The van der Waals surface area contributed by atoms with Crippen LogP contribution in [0.3, 0.4) is 0 Å². The third-order valence-corrected chi connectivity index (χ3v) is 5.47. The maximum Gasteiger partial charge on any atom is 0.414 e. The van der Waals surface area contributed by atoms with Crippen molar-refractivity contribution in [1.82, 2.24) is 15.8 Å². The van der Waals surface area contributed by atoms with Gasteiger partial charge in [-0.1, -0.05) is 18.2 Å². The van der Waals surface area contributed by atoms with E-state index < -0.39 is 18.0 Å². The molecule has 0 aromatic heterocycles. The van der Waals surface area contributed by atoms with Crippen LogP contribution < -0.4 is 20.5 Å². The third kappa shape index (κ3) is 6.22. The number of hydrogen-bond acceptors (Lipinski definition) is 6. The number of nitrogens with one attached hydrogen (secondary N) is 2. The molecule has 3 amide bonds. The monoisotopic (exact) mass is 471 g/mol. The first-order valence-corrected chi connectivity index (χ1v) is 11.1. The summed E-state index contributed by atoms with van der Waals surface area (Å²) in [6, 6.07) is 13.5. The molecule has 1 fully saturated rings. The molecule has 2 aromatic carbocycles. The second kappa shape index (κ2) is 11.5. The van der Waals surface area contributed by atoms with E-state index in [1.165, 1.54) is 22.9 Å². The van der Waals surface area contributed by atoms with E-state index in [0.717, 1.165) is 0 Å². The summed E-state index contributed by atoms with van der Waals surface area (Å²) in [5.41, 5.74) is 4.40. The Labute approximate surface area is 198 Å². The van der Waals surface area contributed by atoms with Crippen LogP contribution in [-0.2, 0) is 9.53 Å². The summed E-state index contributed by atoms with van der Waals surface area (Å²) in [5, 5.41) is 4.03. The van der Waals surface area contributed by atoms with Crippen LogP contribution in [0.25, 0.3) is 0 Å². The van der Waals surface area contributed by atoms with Crippen LogP contribution in [0.15, 0.2) is 48.5 Å². The number of amides is 3. The molecular weight excluding hydrogens is 441 g/mol. The highest BCUT2D eigenvalue weighted by atomic mass is 19.1. The number of carbonyl (C=O) groups is 3. The van der Waals surface area contributed by atoms with Gasteiger partial charge in [0.1, 0.15) is 11.9 Å². The largest absolute Gasteiger partial charge is 0.442 e. The van der Waals surface area contributed by atoms with Gasteiger partial charge in [-0.25, -0.2) is 14.6 Å². The van der Waals surface area contributed by atoms with Crippen LogP contribution >= 0.6 is 0 Å². The van der Waals surface area contributed by atoms with Gasteiger partial charge in [-0.3, -0.25) is 19.5 Å². The molecule has 9 nitrogen and oxygen atoms in total. The summed E-state index contributed by atoms with van der Waals surface area (Å²) < 4.78 is 20.2. The number of rotatable bonds is 10. The fraction of sp³-hybridized carbons (Fsp3) is 0.375. The Bertz CT molecular complexity index is 1020. The molecule has 1 aliphatic rings. The molecule has 1 aliphatic heterocycles. The SMILES string of the molecule is CCN(CCNN(C)C(=O)c1ccccc1)c1ccc(N2C[C@H](CNC(C)=O)OC2=O)cc1F. The van der Waals surface area contributed by atoms with Crippen molar-refractivity contribution in [2.45, 2.75) is 20.0 Å². The minimum atomic E-state index is -0.579. The lowest BCUT2D eigenvalue weighted by Gasteiger charge is -2.26. The summed E-state index contributed by atoms with van der Waals surface area (Å²) in [6.45, 7) is 5.17. The minimum Gasteiger partial charge on any atom is -0.442 e. The highest BCUT2D eigenvalue weighted by molar-refractivity contribution is 5.93. The predicted molar refractivity (Wildman–Crippen MR) is 127 cm³/mol. The Morgan fingerprint density at radius 2 is 1.94 bits per heavy atom. The maximum atomic E-state index is 15.0. The molecule has 2 N–H and O–H groups in total. The zero-order valence-electron chi connectivity index (χ0n) is 19.6. The number of carbonyl (C=O) groups excluding carboxylic acids is 3. The first-order chi connectivity index (χ1) is 16.3. The highest BCUT2D eigenvalue weighted by Gasteiger charge is 2.32. The van der Waals surface area contributed by atoms with Gasteiger partial charge < -0.3 is 15.0 Å².